The van der Waals surface area contributed by atoms with Gasteiger partial charge in [-0.05, 0) is 24.5 Å². The summed E-state index contributed by atoms with van der Waals surface area (Å²) < 4.78 is 0. The molecular weight excluding hydrogens is 198 g/mol. The van der Waals surface area contributed by atoms with Crippen molar-refractivity contribution in [3.63, 3.8) is 0 Å². The van der Waals surface area contributed by atoms with Gasteiger partial charge in [-0.2, -0.15) is 5.26 Å². The van der Waals surface area contributed by atoms with Gasteiger partial charge in [0.15, 0.2) is 6.19 Å². The van der Waals surface area contributed by atoms with E-state index in [2.05, 4.69) is 35.8 Å². The van der Waals surface area contributed by atoms with Crippen LogP contribution in [0.4, 0.5) is 5.69 Å². The van der Waals surface area contributed by atoms with E-state index < -0.39 is 0 Å². The van der Waals surface area contributed by atoms with Gasteiger partial charge in [-0.1, -0.05) is 18.2 Å². The molecule has 0 aromatic heterocycles. The predicted octanol–water partition coefficient (Wildman–Crippen LogP) is 1.83. The van der Waals surface area contributed by atoms with Crippen LogP contribution in [0.2, 0.25) is 0 Å². The second-order valence-electron chi connectivity index (χ2n) is 4.96. The molecule has 1 aromatic rings. The second kappa shape index (κ2) is 3.41. The highest BCUT2D eigenvalue weighted by molar-refractivity contribution is 5.54. The molecule has 1 saturated heterocycles. The SMILES string of the molecule is N#CN1CCC2(CNc3ccccc3C2)C1. The molecule has 3 nitrogen and oxygen atoms in total. The molecule has 2 heterocycles. The number of likely N-dealkylation sites (tertiary alicyclic amines) is 1. The number of benzene rings is 1. The van der Waals surface area contributed by atoms with Crippen molar-refractivity contribution in [2.75, 3.05) is 25.0 Å². The third kappa shape index (κ3) is 1.42. The fraction of sp³-hybridized carbons (Fsp3) is 0.462. The molecule has 0 saturated carbocycles. The molecule has 0 amide bonds. The quantitative estimate of drug-likeness (QED) is 0.668. The summed E-state index contributed by atoms with van der Waals surface area (Å²) in [5.41, 5.74) is 2.95. The van der Waals surface area contributed by atoms with E-state index in [9.17, 15) is 0 Å². The molecular formula is C13H15N3. The van der Waals surface area contributed by atoms with Crippen LogP contribution in [0.5, 0.6) is 0 Å². The number of hydrogen-bond acceptors (Lipinski definition) is 3. The first-order valence-corrected chi connectivity index (χ1v) is 5.78. The van der Waals surface area contributed by atoms with E-state index >= 15 is 0 Å². The minimum Gasteiger partial charge on any atom is -0.384 e. The molecule has 3 rings (SSSR count). The summed E-state index contributed by atoms with van der Waals surface area (Å²) in [6.07, 6.45) is 4.50. The summed E-state index contributed by atoms with van der Waals surface area (Å²) in [5.74, 6) is 0. The van der Waals surface area contributed by atoms with E-state index in [4.69, 9.17) is 5.26 Å². The van der Waals surface area contributed by atoms with Crippen LogP contribution in [-0.2, 0) is 6.42 Å². The van der Waals surface area contributed by atoms with Crippen molar-refractivity contribution in [3.8, 4) is 6.19 Å². The van der Waals surface area contributed by atoms with Gasteiger partial charge in [0.05, 0.1) is 0 Å². The Labute approximate surface area is 95.7 Å². The zero-order valence-corrected chi connectivity index (χ0v) is 9.24. The Kier molecular flexibility index (Phi) is 2.03. The van der Waals surface area contributed by atoms with Crippen LogP contribution >= 0.6 is 0 Å². The van der Waals surface area contributed by atoms with E-state index in [0.717, 1.165) is 32.5 Å². The Morgan fingerprint density at radius 1 is 1.38 bits per heavy atom. The summed E-state index contributed by atoms with van der Waals surface area (Å²) in [5, 5.41) is 12.4. The van der Waals surface area contributed by atoms with E-state index in [1.807, 2.05) is 4.90 Å². The molecule has 1 unspecified atom stereocenters. The number of anilines is 1. The second-order valence-corrected chi connectivity index (χ2v) is 4.96. The topological polar surface area (TPSA) is 39.1 Å². The van der Waals surface area contributed by atoms with Gasteiger partial charge in [-0.15, -0.1) is 0 Å². The molecule has 16 heavy (non-hydrogen) atoms. The number of nitriles is 1. The monoisotopic (exact) mass is 213 g/mol. The Balaban J connectivity index is 1.86. The van der Waals surface area contributed by atoms with Crippen LogP contribution in [0.25, 0.3) is 0 Å². The van der Waals surface area contributed by atoms with Crippen molar-refractivity contribution in [2.24, 2.45) is 5.41 Å². The van der Waals surface area contributed by atoms with Gasteiger partial charge >= 0.3 is 0 Å². The Morgan fingerprint density at radius 2 is 2.25 bits per heavy atom. The molecule has 1 aromatic carbocycles. The largest absolute Gasteiger partial charge is 0.384 e. The summed E-state index contributed by atoms with van der Waals surface area (Å²) >= 11 is 0. The maximum atomic E-state index is 8.93. The lowest BCUT2D eigenvalue weighted by atomic mass is 9.78. The molecule has 1 spiro atoms. The van der Waals surface area contributed by atoms with E-state index in [1.54, 1.807) is 0 Å². The smallest absolute Gasteiger partial charge is 0.179 e. The first-order chi connectivity index (χ1) is 7.81. The molecule has 82 valence electrons. The third-order valence-corrected chi connectivity index (χ3v) is 3.82. The fourth-order valence-corrected chi connectivity index (χ4v) is 2.91. The molecule has 1 N–H and O–H groups in total. The van der Waals surface area contributed by atoms with E-state index in [-0.39, 0.29) is 5.41 Å². The highest BCUT2D eigenvalue weighted by Gasteiger charge is 2.40. The van der Waals surface area contributed by atoms with Crippen molar-refractivity contribution in [1.29, 1.82) is 5.26 Å². The minimum absolute atomic E-state index is 0.282. The normalized spacial score (nSPS) is 27.3. The van der Waals surface area contributed by atoms with Crippen LogP contribution in [-0.4, -0.2) is 24.5 Å². The van der Waals surface area contributed by atoms with Crippen LogP contribution in [0.15, 0.2) is 24.3 Å². The van der Waals surface area contributed by atoms with E-state index in [1.165, 1.54) is 11.3 Å². The Morgan fingerprint density at radius 3 is 3.06 bits per heavy atom. The van der Waals surface area contributed by atoms with Crippen molar-refractivity contribution in [2.45, 2.75) is 12.8 Å². The van der Waals surface area contributed by atoms with Gasteiger partial charge in [0.1, 0.15) is 0 Å². The average Bonchev–Trinajstić information content (AvgIpc) is 2.72. The highest BCUT2D eigenvalue weighted by atomic mass is 15.2. The number of nitrogens with zero attached hydrogens (tertiary/aromatic N) is 2. The van der Waals surface area contributed by atoms with Gasteiger partial charge in [-0.25, -0.2) is 0 Å². The number of rotatable bonds is 0. The van der Waals surface area contributed by atoms with Crippen molar-refractivity contribution >= 4 is 5.69 Å². The maximum absolute atomic E-state index is 8.93. The van der Waals surface area contributed by atoms with Crippen LogP contribution < -0.4 is 5.32 Å². The minimum atomic E-state index is 0.282. The molecule has 3 heteroatoms. The lowest BCUT2D eigenvalue weighted by Gasteiger charge is -2.35. The summed E-state index contributed by atoms with van der Waals surface area (Å²) in [7, 11) is 0. The van der Waals surface area contributed by atoms with E-state index in [0.29, 0.717) is 0 Å². The average molecular weight is 213 g/mol. The molecule has 2 aliphatic heterocycles. The van der Waals surface area contributed by atoms with Crippen molar-refractivity contribution < 1.29 is 0 Å². The Hall–Kier alpha value is -1.69. The van der Waals surface area contributed by atoms with Gasteiger partial charge in [-0.3, -0.25) is 0 Å². The van der Waals surface area contributed by atoms with Gasteiger partial charge in [0.25, 0.3) is 0 Å². The van der Waals surface area contributed by atoms with Crippen LogP contribution in [0, 0.1) is 16.9 Å². The highest BCUT2D eigenvalue weighted by Crippen LogP contribution is 2.39. The molecule has 2 aliphatic rings. The fourth-order valence-electron chi connectivity index (χ4n) is 2.91. The molecule has 0 aliphatic carbocycles. The van der Waals surface area contributed by atoms with Gasteiger partial charge in [0, 0.05) is 30.7 Å². The van der Waals surface area contributed by atoms with Crippen molar-refractivity contribution in [3.05, 3.63) is 29.8 Å². The number of para-hydroxylation sites is 1. The Bertz CT molecular complexity index is 449. The molecule has 0 bridgehead atoms. The standard InChI is InChI=1S/C13H15N3/c14-10-16-6-5-13(9-16)7-11-3-1-2-4-12(11)15-8-13/h1-4,15H,5-9H2. The summed E-state index contributed by atoms with van der Waals surface area (Å²) in [4.78, 5) is 1.88. The first-order valence-electron chi connectivity index (χ1n) is 5.78. The number of fused-ring (bicyclic) bond motifs is 1. The van der Waals surface area contributed by atoms with Crippen molar-refractivity contribution in [1.82, 2.24) is 4.90 Å². The van der Waals surface area contributed by atoms with Gasteiger partial charge < -0.3 is 10.2 Å². The van der Waals surface area contributed by atoms with Crippen LogP contribution in [0.3, 0.4) is 0 Å². The number of hydrogen-bond donors (Lipinski definition) is 1. The molecule has 1 atom stereocenters. The first kappa shape index (κ1) is 9.53. The third-order valence-electron chi connectivity index (χ3n) is 3.82. The lowest BCUT2D eigenvalue weighted by molar-refractivity contribution is 0.306. The number of nitrogens with one attached hydrogen (secondary N) is 1. The zero-order valence-electron chi connectivity index (χ0n) is 9.24. The molecule has 0 radical (unpaired) electrons. The lowest BCUT2D eigenvalue weighted by Crippen LogP contribution is -2.38. The van der Waals surface area contributed by atoms with Gasteiger partial charge in [0.2, 0.25) is 0 Å². The summed E-state index contributed by atoms with van der Waals surface area (Å²) in [6.45, 7) is 2.83. The summed E-state index contributed by atoms with van der Waals surface area (Å²) in [6, 6.07) is 8.49. The zero-order chi connectivity index (χ0) is 11.0. The molecule has 1 fully saturated rings. The van der Waals surface area contributed by atoms with Crippen LogP contribution in [0.1, 0.15) is 12.0 Å². The maximum Gasteiger partial charge on any atom is 0.179 e. The predicted molar refractivity (Wildman–Crippen MR) is 62.9 cm³/mol.